The van der Waals surface area contributed by atoms with Gasteiger partial charge in [-0.2, -0.15) is 13.2 Å². The topological polar surface area (TPSA) is 12.0 Å². The van der Waals surface area contributed by atoms with Gasteiger partial charge in [-0.05, 0) is 38.0 Å². The fourth-order valence-corrected chi connectivity index (χ4v) is 2.35. The van der Waals surface area contributed by atoms with Crippen LogP contribution in [0.3, 0.4) is 0 Å². The van der Waals surface area contributed by atoms with E-state index in [9.17, 15) is 13.2 Å². The number of aryl methyl sites for hydroxylation is 1. The van der Waals surface area contributed by atoms with E-state index in [0.29, 0.717) is 5.69 Å². The first-order valence-electron chi connectivity index (χ1n) is 7.79. The molecule has 1 N–H and O–H groups in total. The van der Waals surface area contributed by atoms with Crippen molar-refractivity contribution >= 4 is 5.69 Å². The molecule has 0 fully saturated rings. The second-order valence-corrected chi connectivity index (χ2v) is 5.78. The lowest BCUT2D eigenvalue weighted by Crippen LogP contribution is -2.16. The summed E-state index contributed by atoms with van der Waals surface area (Å²) in [6, 6.07) is 4.06. The van der Waals surface area contributed by atoms with E-state index < -0.39 is 11.7 Å². The van der Waals surface area contributed by atoms with Crippen LogP contribution in [0.25, 0.3) is 0 Å². The molecule has 1 rings (SSSR count). The first-order chi connectivity index (χ1) is 9.84. The molecule has 0 saturated heterocycles. The predicted molar refractivity (Wildman–Crippen MR) is 82.6 cm³/mol. The SMILES string of the molecule is CCCCCCCC(C)Nc1cc(C(F)(F)F)ccc1C. The van der Waals surface area contributed by atoms with E-state index in [1.807, 2.05) is 13.8 Å². The largest absolute Gasteiger partial charge is 0.416 e. The van der Waals surface area contributed by atoms with Crippen LogP contribution in [-0.4, -0.2) is 6.04 Å². The molecule has 0 radical (unpaired) electrons. The molecule has 1 aromatic rings. The quantitative estimate of drug-likeness (QED) is 0.566. The molecule has 1 nitrogen and oxygen atoms in total. The molecule has 1 unspecified atom stereocenters. The van der Waals surface area contributed by atoms with E-state index in [2.05, 4.69) is 12.2 Å². The van der Waals surface area contributed by atoms with Gasteiger partial charge in [-0.3, -0.25) is 0 Å². The second-order valence-electron chi connectivity index (χ2n) is 5.78. The zero-order chi connectivity index (χ0) is 15.9. The summed E-state index contributed by atoms with van der Waals surface area (Å²) in [5.41, 5.74) is 0.845. The number of rotatable bonds is 8. The Morgan fingerprint density at radius 2 is 1.76 bits per heavy atom. The molecule has 0 bridgehead atoms. The molecule has 0 aliphatic heterocycles. The van der Waals surface area contributed by atoms with Gasteiger partial charge in [0, 0.05) is 11.7 Å². The van der Waals surface area contributed by atoms with Crippen LogP contribution in [0.5, 0.6) is 0 Å². The zero-order valence-electron chi connectivity index (χ0n) is 13.2. The van der Waals surface area contributed by atoms with Crippen LogP contribution in [0.1, 0.15) is 63.5 Å². The van der Waals surface area contributed by atoms with Crippen LogP contribution in [0, 0.1) is 6.92 Å². The van der Waals surface area contributed by atoms with Crippen molar-refractivity contribution in [1.82, 2.24) is 0 Å². The van der Waals surface area contributed by atoms with Crippen molar-refractivity contribution in [2.45, 2.75) is 71.5 Å². The summed E-state index contributed by atoms with van der Waals surface area (Å²) >= 11 is 0. The molecular weight excluding hydrogens is 275 g/mol. The number of hydrogen-bond donors (Lipinski definition) is 1. The van der Waals surface area contributed by atoms with Gasteiger partial charge in [0.05, 0.1) is 5.56 Å². The first-order valence-corrected chi connectivity index (χ1v) is 7.79. The number of nitrogens with one attached hydrogen (secondary N) is 1. The average Bonchev–Trinajstić information content (AvgIpc) is 2.40. The summed E-state index contributed by atoms with van der Waals surface area (Å²) < 4.78 is 38.2. The second kappa shape index (κ2) is 8.30. The molecule has 0 spiro atoms. The zero-order valence-corrected chi connectivity index (χ0v) is 13.2. The number of benzene rings is 1. The van der Waals surface area contributed by atoms with Crippen LogP contribution in [0.4, 0.5) is 18.9 Å². The van der Waals surface area contributed by atoms with Crippen LogP contribution in [0.15, 0.2) is 18.2 Å². The maximum absolute atomic E-state index is 12.7. The van der Waals surface area contributed by atoms with Crippen LogP contribution >= 0.6 is 0 Å². The van der Waals surface area contributed by atoms with Gasteiger partial charge in [0.25, 0.3) is 0 Å². The Kier molecular flexibility index (Phi) is 7.06. The summed E-state index contributed by atoms with van der Waals surface area (Å²) in [5.74, 6) is 0. The van der Waals surface area contributed by atoms with Crippen LogP contribution < -0.4 is 5.32 Å². The van der Waals surface area contributed by atoms with Gasteiger partial charge in [-0.1, -0.05) is 45.1 Å². The fraction of sp³-hybridized carbons (Fsp3) is 0.647. The lowest BCUT2D eigenvalue weighted by atomic mass is 10.1. The Hall–Kier alpha value is -1.19. The molecular formula is C17H26F3N. The summed E-state index contributed by atoms with van der Waals surface area (Å²) in [6.45, 7) is 6.04. The van der Waals surface area contributed by atoms with E-state index in [1.165, 1.54) is 37.8 Å². The molecule has 0 aromatic heterocycles. The highest BCUT2D eigenvalue weighted by molar-refractivity contribution is 5.53. The minimum absolute atomic E-state index is 0.189. The van der Waals surface area contributed by atoms with Crippen LogP contribution in [0.2, 0.25) is 0 Å². The van der Waals surface area contributed by atoms with Crippen molar-refractivity contribution in [3.05, 3.63) is 29.3 Å². The Balaban J connectivity index is 2.53. The molecule has 1 atom stereocenters. The van der Waals surface area contributed by atoms with Crippen LogP contribution in [-0.2, 0) is 6.18 Å². The lowest BCUT2D eigenvalue weighted by Gasteiger charge is -2.18. The van der Waals surface area contributed by atoms with E-state index in [0.717, 1.165) is 24.5 Å². The van der Waals surface area contributed by atoms with E-state index in [-0.39, 0.29) is 6.04 Å². The fourth-order valence-electron chi connectivity index (χ4n) is 2.35. The summed E-state index contributed by atoms with van der Waals surface area (Å²) in [4.78, 5) is 0. The van der Waals surface area contributed by atoms with Crippen molar-refractivity contribution in [3.63, 3.8) is 0 Å². The Morgan fingerprint density at radius 1 is 1.10 bits per heavy atom. The molecule has 0 aliphatic carbocycles. The number of unbranched alkanes of at least 4 members (excludes halogenated alkanes) is 4. The molecule has 0 saturated carbocycles. The van der Waals surface area contributed by atoms with Gasteiger partial charge < -0.3 is 5.32 Å². The van der Waals surface area contributed by atoms with Gasteiger partial charge in [0.15, 0.2) is 0 Å². The van der Waals surface area contributed by atoms with E-state index >= 15 is 0 Å². The van der Waals surface area contributed by atoms with Crippen molar-refractivity contribution < 1.29 is 13.2 Å². The van der Waals surface area contributed by atoms with Gasteiger partial charge in [0.1, 0.15) is 0 Å². The number of hydrogen-bond acceptors (Lipinski definition) is 1. The van der Waals surface area contributed by atoms with Gasteiger partial charge in [-0.15, -0.1) is 0 Å². The Labute approximate surface area is 125 Å². The molecule has 0 amide bonds. The van der Waals surface area contributed by atoms with Crippen molar-refractivity contribution in [2.75, 3.05) is 5.32 Å². The maximum Gasteiger partial charge on any atom is 0.416 e. The summed E-state index contributed by atoms with van der Waals surface area (Å²) in [7, 11) is 0. The number of halogens is 3. The standard InChI is InChI=1S/C17H26F3N/c1-4-5-6-7-8-9-14(3)21-16-12-15(17(18,19)20)11-10-13(16)2/h10-12,14,21H,4-9H2,1-3H3. The smallest absolute Gasteiger partial charge is 0.382 e. The monoisotopic (exact) mass is 301 g/mol. The molecule has 1 aromatic carbocycles. The number of anilines is 1. The Morgan fingerprint density at radius 3 is 2.38 bits per heavy atom. The summed E-state index contributed by atoms with van der Waals surface area (Å²) in [6.07, 6.45) is 2.73. The summed E-state index contributed by atoms with van der Waals surface area (Å²) in [5, 5.41) is 3.21. The molecule has 0 aliphatic rings. The maximum atomic E-state index is 12.7. The lowest BCUT2D eigenvalue weighted by molar-refractivity contribution is -0.137. The molecule has 21 heavy (non-hydrogen) atoms. The van der Waals surface area contributed by atoms with E-state index in [4.69, 9.17) is 0 Å². The minimum atomic E-state index is -4.28. The van der Waals surface area contributed by atoms with Gasteiger partial charge in [-0.25, -0.2) is 0 Å². The third-order valence-corrected chi connectivity index (χ3v) is 3.71. The highest BCUT2D eigenvalue weighted by atomic mass is 19.4. The Bertz CT molecular complexity index is 427. The normalized spacial score (nSPS) is 13.2. The third kappa shape index (κ3) is 6.40. The van der Waals surface area contributed by atoms with Crippen molar-refractivity contribution in [3.8, 4) is 0 Å². The minimum Gasteiger partial charge on any atom is -0.382 e. The third-order valence-electron chi connectivity index (χ3n) is 3.71. The van der Waals surface area contributed by atoms with Crippen molar-refractivity contribution in [2.24, 2.45) is 0 Å². The highest BCUT2D eigenvalue weighted by Crippen LogP contribution is 2.32. The first kappa shape index (κ1) is 17.9. The van der Waals surface area contributed by atoms with Crippen molar-refractivity contribution in [1.29, 1.82) is 0 Å². The predicted octanol–water partition coefficient (Wildman–Crippen LogP) is 6.17. The van der Waals surface area contributed by atoms with E-state index in [1.54, 1.807) is 0 Å². The molecule has 0 heterocycles. The van der Waals surface area contributed by atoms with Gasteiger partial charge in [0.2, 0.25) is 0 Å². The molecule has 4 heteroatoms. The molecule has 120 valence electrons. The number of alkyl halides is 3. The van der Waals surface area contributed by atoms with Gasteiger partial charge >= 0.3 is 6.18 Å². The average molecular weight is 301 g/mol. The highest BCUT2D eigenvalue weighted by Gasteiger charge is 2.30.